The largest absolute Gasteiger partial charge is 0.352 e. The Labute approximate surface area is 130 Å². The molecule has 0 spiro atoms. The molecule has 1 aromatic heterocycles. The second kappa shape index (κ2) is 8.14. The van der Waals surface area contributed by atoms with Gasteiger partial charge >= 0.3 is 0 Å². The van der Waals surface area contributed by atoms with E-state index in [9.17, 15) is 9.59 Å². The predicted octanol–water partition coefficient (Wildman–Crippen LogP) is 1.63. The Kier molecular flexibility index (Phi) is 6.84. The molecule has 2 atom stereocenters. The molecule has 2 unspecified atom stereocenters. The van der Waals surface area contributed by atoms with Gasteiger partial charge in [-0.3, -0.25) is 9.59 Å². The lowest BCUT2D eigenvalue weighted by atomic mass is 10.0. The van der Waals surface area contributed by atoms with Crippen molar-refractivity contribution in [3.8, 4) is 0 Å². The van der Waals surface area contributed by atoms with Crippen LogP contribution in [0.3, 0.4) is 0 Å². The monoisotopic (exact) mass is 311 g/mol. The first-order chi connectivity index (χ1) is 9.82. The number of hydrogen-bond acceptors (Lipinski definition) is 4. The molecule has 6 heteroatoms. The van der Waals surface area contributed by atoms with E-state index in [4.69, 9.17) is 0 Å². The van der Waals surface area contributed by atoms with E-state index in [1.165, 1.54) is 12.5 Å². The molecule has 0 saturated heterocycles. The van der Waals surface area contributed by atoms with Crippen molar-refractivity contribution in [3.63, 3.8) is 0 Å². The lowest BCUT2D eigenvalue weighted by Gasteiger charge is -2.26. The van der Waals surface area contributed by atoms with E-state index < -0.39 is 6.04 Å². The first-order valence-corrected chi connectivity index (χ1v) is 8.00. The van der Waals surface area contributed by atoms with Crippen LogP contribution in [0.2, 0.25) is 0 Å². The van der Waals surface area contributed by atoms with Gasteiger partial charge in [-0.2, -0.15) is 11.3 Å². The Morgan fingerprint density at radius 1 is 1.33 bits per heavy atom. The highest BCUT2D eigenvalue weighted by molar-refractivity contribution is 7.07. The molecule has 0 bridgehead atoms. The molecule has 1 heterocycles. The van der Waals surface area contributed by atoms with Gasteiger partial charge in [-0.05, 0) is 42.4 Å². The van der Waals surface area contributed by atoms with E-state index in [1.807, 2.05) is 33.3 Å². The molecule has 1 aromatic rings. The first kappa shape index (κ1) is 17.7. The minimum Gasteiger partial charge on any atom is -0.352 e. The van der Waals surface area contributed by atoms with Gasteiger partial charge in [0.05, 0.1) is 6.04 Å². The van der Waals surface area contributed by atoms with Gasteiger partial charge in [0.2, 0.25) is 11.8 Å². The summed E-state index contributed by atoms with van der Waals surface area (Å²) in [6.07, 6.45) is 0. The Hall–Kier alpha value is -1.40. The Morgan fingerprint density at radius 3 is 2.43 bits per heavy atom. The van der Waals surface area contributed by atoms with Crippen LogP contribution in [0.1, 0.15) is 32.4 Å². The molecule has 0 saturated carbocycles. The molecule has 0 fully saturated rings. The van der Waals surface area contributed by atoms with E-state index in [0.717, 1.165) is 0 Å². The van der Waals surface area contributed by atoms with Crippen LogP contribution in [0.5, 0.6) is 0 Å². The number of hydrogen-bond donors (Lipinski definition) is 2. The Bertz CT molecular complexity index is 457. The molecule has 2 N–H and O–H groups in total. The quantitative estimate of drug-likeness (QED) is 0.804. The second-order valence-corrected chi connectivity index (χ2v) is 6.48. The number of nitrogens with zero attached hydrogens (tertiary/aromatic N) is 1. The van der Waals surface area contributed by atoms with Crippen LogP contribution < -0.4 is 10.6 Å². The molecule has 0 aliphatic rings. The topological polar surface area (TPSA) is 61.4 Å². The number of carbonyl (C=O) groups is 2. The fourth-order valence-corrected chi connectivity index (χ4v) is 2.83. The highest BCUT2D eigenvalue weighted by Gasteiger charge is 2.24. The summed E-state index contributed by atoms with van der Waals surface area (Å²) < 4.78 is 0. The van der Waals surface area contributed by atoms with Crippen molar-refractivity contribution in [2.24, 2.45) is 5.92 Å². The van der Waals surface area contributed by atoms with Crippen molar-refractivity contribution in [2.45, 2.75) is 32.9 Å². The molecule has 0 radical (unpaired) electrons. The molecular weight excluding hydrogens is 286 g/mol. The second-order valence-electron chi connectivity index (χ2n) is 5.70. The number of carbonyl (C=O) groups excluding carboxylic acids is 2. The lowest BCUT2D eigenvalue weighted by Crippen LogP contribution is -2.50. The van der Waals surface area contributed by atoms with Gasteiger partial charge in [0.25, 0.3) is 0 Å². The maximum absolute atomic E-state index is 12.3. The van der Waals surface area contributed by atoms with E-state index in [1.54, 1.807) is 11.3 Å². The maximum atomic E-state index is 12.3. The summed E-state index contributed by atoms with van der Waals surface area (Å²) in [4.78, 5) is 25.5. The zero-order chi connectivity index (χ0) is 16.0. The molecule has 21 heavy (non-hydrogen) atoms. The SMILES string of the molecule is CC(=O)NC(C(=O)NCC(c1ccsc1)N(C)C)C(C)C. The van der Waals surface area contributed by atoms with Crippen LogP contribution in [0, 0.1) is 5.92 Å². The summed E-state index contributed by atoms with van der Waals surface area (Å²) in [5, 5.41) is 9.77. The van der Waals surface area contributed by atoms with Gasteiger partial charge in [-0.15, -0.1) is 0 Å². The van der Waals surface area contributed by atoms with Crippen LogP contribution in [0.15, 0.2) is 16.8 Å². The summed E-state index contributed by atoms with van der Waals surface area (Å²) in [6.45, 7) is 5.78. The van der Waals surface area contributed by atoms with Crippen LogP contribution >= 0.6 is 11.3 Å². The van der Waals surface area contributed by atoms with Crippen molar-refractivity contribution in [3.05, 3.63) is 22.4 Å². The van der Waals surface area contributed by atoms with Gasteiger partial charge in [0.1, 0.15) is 6.04 Å². The molecule has 1 rings (SSSR count). The predicted molar refractivity (Wildman–Crippen MR) is 86.2 cm³/mol. The van der Waals surface area contributed by atoms with Crippen LogP contribution in [0.4, 0.5) is 0 Å². The van der Waals surface area contributed by atoms with Crippen molar-refractivity contribution < 1.29 is 9.59 Å². The fourth-order valence-electron chi connectivity index (χ4n) is 2.12. The lowest BCUT2D eigenvalue weighted by molar-refractivity contribution is -0.129. The molecular formula is C15H25N3O2S. The minimum atomic E-state index is -0.493. The molecule has 0 aliphatic carbocycles. The van der Waals surface area contributed by atoms with Crippen LogP contribution in [-0.2, 0) is 9.59 Å². The number of thiophene rings is 1. The van der Waals surface area contributed by atoms with Gasteiger partial charge < -0.3 is 15.5 Å². The Balaban J connectivity index is 2.66. The van der Waals surface area contributed by atoms with Crippen molar-refractivity contribution in [2.75, 3.05) is 20.6 Å². The summed E-state index contributed by atoms with van der Waals surface area (Å²) >= 11 is 1.64. The zero-order valence-corrected chi connectivity index (χ0v) is 14.2. The molecule has 5 nitrogen and oxygen atoms in total. The van der Waals surface area contributed by atoms with Crippen molar-refractivity contribution in [1.82, 2.24) is 15.5 Å². The third-order valence-electron chi connectivity index (χ3n) is 3.33. The smallest absolute Gasteiger partial charge is 0.242 e. The number of amides is 2. The summed E-state index contributed by atoms with van der Waals surface area (Å²) in [7, 11) is 3.98. The van der Waals surface area contributed by atoms with Gasteiger partial charge in [0, 0.05) is 13.5 Å². The third kappa shape index (κ3) is 5.47. The van der Waals surface area contributed by atoms with Crippen molar-refractivity contribution in [1.29, 1.82) is 0 Å². The van der Waals surface area contributed by atoms with Gasteiger partial charge in [-0.1, -0.05) is 13.8 Å². The van der Waals surface area contributed by atoms with E-state index >= 15 is 0 Å². The first-order valence-electron chi connectivity index (χ1n) is 7.06. The van der Waals surface area contributed by atoms with E-state index in [0.29, 0.717) is 6.54 Å². The van der Waals surface area contributed by atoms with E-state index in [2.05, 4.69) is 27.0 Å². The number of likely N-dealkylation sites (N-methyl/N-ethyl adjacent to an activating group) is 1. The number of nitrogens with one attached hydrogen (secondary N) is 2. The van der Waals surface area contributed by atoms with Gasteiger partial charge in [0.15, 0.2) is 0 Å². The molecule has 0 aliphatic heterocycles. The zero-order valence-electron chi connectivity index (χ0n) is 13.3. The highest BCUT2D eigenvalue weighted by atomic mass is 32.1. The summed E-state index contributed by atoms with van der Waals surface area (Å²) in [6, 6.07) is 1.70. The summed E-state index contributed by atoms with van der Waals surface area (Å²) in [5.74, 6) is -0.277. The molecule has 0 aromatic carbocycles. The standard InChI is InChI=1S/C15H25N3O2S/c1-10(2)14(17-11(3)19)15(20)16-8-13(18(4)5)12-6-7-21-9-12/h6-7,9-10,13-14H,8H2,1-5H3,(H,16,20)(H,17,19). The normalized spacial score (nSPS) is 14.0. The highest BCUT2D eigenvalue weighted by Crippen LogP contribution is 2.20. The number of rotatable bonds is 7. The van der Waals surface area contributed by atoms with Crippen molar-refractivity contribution >= 4 is 23.2 Å². The van der Waals surface area contributed by atoms with E-state index in [-0.39, 0.29) is 23.8 Å². The average Bonchev–Trinajstić information content (AvgIpc) is 2.88. The van der Waals surface area contributed by atoms with Crippen LogP contribution in [-0.4, -0.2) is 43.4 Å². The maximum Gasteiger partial charge on any atom is 0.242 e. The molecule has 2 amide bonds. The average molecular weight is 311 g/mol. The molecule has 118 valence electrons. The Morgan fingerprint density at radius 2 is 2.00 bits per heavy atom. The fraction of sp³-hybridized carbons (Fsp3) is 0.600. The summed E-state index contributed by atoms with van der Waals surface area (Å²) in [5.41, 5.74) is 1.19. The third-order valence-corrected chi connectivity index (χ3v) is 4.03. The minimum absolute atomic E-state index is 0.0489. The van der Waals surface area contributed by atoms with Gasteiger partial charge in [-0.25, -0.2) is 0 Å². The van der Waals surface area contributed by atoms with Crippen LogP contribution in [0.25, 0.3) is 0 Å².